The van der Waals surface area contributed by atoms with Gasteiger partial charge in [-0.3, -0.25) is 4.57 Å². The van der Waals surface area contributed by atoms with Gasteiger partial charge in [-0.1, -0.05) is 0 Å². The summed E-state index contributed by atoms with van der Waals surface area (Å²) in [7, 11) is 0.358. The van der Waals surface area contributed by atoms with E-state index in [9.17, 15) is 5.11 Å². The van der Waals surface area contributed by atoms with Crippen LogP contribution in [0, 0.1) is 0 Å². The average molecular weight is 412 g/mol. The number of nitrogens with two attached hydrogens (primary N) is 1. The Bertz CT molecular complexity index is 780. The molecule has 1 unspecified atom stereocenters. The minimum atomic E-state index is -1.29. The van der Waals surface area contributed by atoms with Gasteiger partial charge in [0.05, 0.1) is 19.0 Å². The Balaban J connectivity index is 1.80. The Morgan fingerprint density at radius 2 is 2.04 bits per heavy atom. The van der Waals surface area contributed by atoms with Gasteiger partial charge in [-0.05, 0) is 27.7 Å². The fourth-order valence-electron chi connectivity index (χ4n) is 3.51. The van der Waals surface area contributed by atoms with Gasteiger partial charge in [0, 0.05) is 25.6 Å². The topological polar surface area (TPSA) is 121 Å². The Kier molecular flexibility index (Phi) is 6.80. The lowest BCUT2D eigenvalue weighted by molar-refractivity contribution is -0.0408. The quantitative estimate of drug-likeness (QED) is 0.628. The largest absolute Gasteiger partial charge is 0.394 e. The summed E-state index contributed by atoms with van der Waals surface area (Å²) in [5.41, 5.74) is 6.99. The molecule has 0 radical (unpaired) electrons. The highest BCUT2D eigenvalue weighted by Gasteiger charge is 2.41. The fourth-order valence-corrected chi connectivity index (χ4v) is 5.10. The van der Waals surface area contributed by atoms with Crippen LogP contribution in [0.1, 0.15) is 40.3 Å². The Labute approximate surface area is 166 Å². The van der Waals surface area contributed by atoms with Crippen LogP contribution in [0.25, 0.3) is 11.2 Å². The third-order valence-corrected chi connectivity index (χ3v) is 6.75. The molecule has 11 heteroatoms. The summed E-state index contributed by atoms with van der Waals surface area (Å²) in [4.78, 5) is 12.5. The van der Waals surface area contributed by atoms with E-state index in [1.54, 1.807) is 18.0 Å². The Hall–Kier alpha value is -1.42. The number of nitrogen functional groups attached to an aromatic ring is 1. The van der Waals surface area contributed by atoms with Gasteiger partial charge in [-0.15, -0.1) is 0 Å². The highest BCUT2D eigenvalue weighted by molar-refractivity contribution is 7.44. The summed E-state index contributed by atoms with van der Waals surface area (Å²) in [5, 5.41) is 9.83. The second kappa shape index (κ2) is 8.94. The maximum atomic E-state index is 9.83. The third-order valence-electron chi connectivity index (χ3n) is 4.69. The van der Waals surface area contributed by atoms with Crippen molar-refractivity contribution in [1.29, 1.82) is 0 Å². The molecular formula is C17H29N6O4P. The predicted octanol–water partition coefficient (Wildman–Crippen LogP) is 2.07. The van der Waals surface area contributed by atoms with E-state index in [0.29, 0.717) is 23.4 Å². The first-order valence-electron chi connectivity index (χ1n) is 9.35. The zero-order valence-corrected chi connectivity index (χ0v) is 17.8. The van der Waals surface area contributed by atoms with Crippen molar-refractivity contribution < 1.29 is 18.9 Å². The summed E-state index contributed by atoms with van der Waals surface area (Å²) in [6.07, 6.45) is 2.40. The van der Waals surface area contributed by atoms with Gasteiger partial charge in [0.1, 0.15) is 24.2 Å². The lowest BCUT2D eigenvalue weighted by Gasteiger charge is -2.36. The summed E-state index contributed by atoms with van der Waals surface area (Å²) in [6, 6.07) is 0.517. The smallest absolute Gasteiger partial charge is 0.259 e. The molecule has 0 amide bonds. The van der Waals surface area contributed by atoms with E-state index in [4.69, 9.17) is 19.5 Å². The zero-order valence-electron chi connectivity index (χ0n) is 16.9. The van der Waals surface area contributed by atoms with Gasteiger partial charge in [0.15, 0.2) is 11.5 Å². The van der Waals surface area contributed by atoms with Gasteiger partial charge >= 0.3 is 0 Å². The lowest BCUT2D eigenvalue weighted by Crippen LogP contribution is -2.36. The number of fused-ring (bicyclic) bond motifs is 1. The molecule has 4 atom stereocenters. The zero-order chi connectivity index (χ0) is 20.4. The first-order chi connectivity index (χ1) is 13.4. The van der Waals surface area contributed by atoms with E-state index in [0.717, 1.165) is 0 Å². The number of aromatic nitrogens is 4. The van der Waals surface area contributed by atoms with Crippen molar-refractivity contribution in [3.8, 4) is 0 Å². The molecule has 10 nitrogen and oxygen atoms in total. The first-order valence-corrected chi connectivity index (χ1v) is 10.5. The molecule has 1 fully saturated rings. The van der Waals surface area contributed by atoms with Crippen LogP contribution in [0.5, 0.6) is 0 Å². The first kappa shape index (κ1) is 21.3. The summed E-state index contributed by atoms with van der Waals surface area (Å²) >= 11 is 0. The number of ether oxygens (including phenoxy) is 1. The van der Waals surface area contributed by atoms with Gasteiger partial charge in [-0.25, -0.2) is 19.6 Å². The van der Waals surface area contributed by atoms with Crippen LogP contribution in [0.4, 0.5) is 5.82 Å². The number of hydrogen-bond acceptors (Lipinski definition) is 9. The fraction of sp³-hybridized carbons (Fsp3) is 0.706. The molecular weight excluding hydrogens is 383 g/mol. The third kappa shape index (κ3) is 4.12. The Morgan fingerprint density at radius 1 is 1.32 bits per heavy atom. The van der Waals surface area contributed by atoms with Crippen molar-refractivity contribution in [3.05, 3.63) is 12.7 Å². The van der Waals surface area contributed by atoms with E-state index >= 15 is 0 Å². The van der Waals surface area contributed by atoms with Crippen LogP contribution in [0.2, 0.25) is 0 Å². The SMILES string of the molecule is COP(O[C@H]1C[C@H](n2cnc3c(N)ncnc32)O[C@@H]1CO)N(C(C)C)C(C)C. The van der Waals surface area contributed by atoms with Crippen molar-refractivity contribution in [2.45, 2.75) is 64.6 Å². The standard InChI is InChI=1S/C17H29N6O4P/c1-10(2)23(11(3)4)28(25-5)27-12-6-14(26-13(12)7-24)22-9-21-15-16(18)19-8-20-17(15)22/h8-14,24H,6-7H2,1-5H3,(H2,18,19,20)/t12-,13+,14+,28?/m0/s1. The number of hydrogen-bond donors (Lipinski definition) is 2. The number of aliphatic hydroxyl groups is 1. The minimum Gasteiger partial charge on any atom is -0.394 e. The molecule has 0 aliphatic carbocycles. The number of aliphatic hydroxyl groups excluding tert-OH is 1. The second-order valence-corrected chi connectivity index (χ2v) is 8.78. The molecule has 1 saturated heterocycles. The van der Waals surface area contributed by atoms with Gasteiger partial charge in [-0.2, -0.15) is 0 Å². The molecule has 156 valence electrons. The van der Waals surface area contributed by atoms with E-state index in [-0.39, 0.29) is 31.0 Å². The molecule has 2 aromatic rings. The Morgan fingerprint density at radius 3 is 2.64 bits per heavy atom. The molecule has 0 aromatic carbocycles. The summed E-state index contributed by atoms with van der Waals surface area (Å²) < 4.78 is 22.0. The molecule has 0 saturated carbocycles. The second-order valence-electron chi connectivity index (χ2n) is 7.26. The molecule has 1 aliphatic heterocycles. The van der Waals surface area contributed by atoms with Crippen molar-refractivity contribution >= 4 is 25.5 Å². The molecule has 3 N–H and O–H groups in total. The van der Waals surface area contributed by atoms with Crippen LogP contribution in [0.3, 0.4) is 0 Å². The van der Waals surface area contributed by atoms with Crippen LogP contribution in [-0.4, -0.2) is 67.3 Å². The predicted molar refractivity (Wildman–Crippen MR) is 106 cm³/mol. The summed E-state index contributed by atoms with van der Waals surface area (Å²) in [5.74, 6) is 0.320. The van der Waals surface area contributed by atoms with Crippen LogP contribution in [-0.2, 0) is 13.8 Å². The highest BCUT2D eigenvalue weighted by Crippen LogP contribution is 2.49. The highest BCUT2D eigenvalue weighted by atomic mass is 31.2. The van der Waals surface area contributed by atoms with Crippen molar-refractivity contribution in [3.63, 3.8) is 0 Å². The van der Waals surface area contributed by atoms with Gasteiger partial charge in [0.25, 0.3) is 8.53 Å². The minimum absolute atomic E-state index is 0.152. The van der Waals surface area contributed by atoms with Crippen LogP contribution >= 0.6 is 8.53 Å². The van der Waals surface area contributed by atoms with Crippen LogP contribution < -0.4 is 5.73 Å². The molecule has 3 heterocycles. The molecule has 1 aliphatic rings. The van der Waals surface area contributed by atoms with Gasteiger partial charge < -0.3 is 24.6 Å². The molecule has 28 heavy (non-hydrogen) atoms. The summed E-state index contributed by atoms with van der Waals surface area (Å²) in [6.45, 7) is 8.28. The van der Waals surface area contributed by atoms with E-state index in [1.165, 1.54) is 6.33 Å². The van der Waals surface area contributed by atoms with Crippen molar-refractivity contribution in [2.24, 2.45) is 0 Å². The van der Waals surface area contributed by atoms with Crippen molar-refractivity contribution in [2.75, 3.05) is 19.5 Å². The number of rotatable bonds is 8. The number of anilines is 1. The maximum absolute atomic E-state index is 9.83. The van der Waals surface area contributed by atoms with E-state index in [1.807, 2.05) is 0 Å². The van der Waals surface area contributed by atoms with E-state index in [2.05, 4.69) is 47.3 Å². The normalized spacial score (nSPS) is 24.1. The molecule has 0 bridgehead atoms. The van der Waals surface area contributed by atoms with E-state index < -0.39 is 14.6 Å². The average Bonchev–Trinajstić information content (AvgIpc) is 3.24. The molecule has 0 spiro atoms. The molecule has 3 rings (SSSR count). The van der Waals surface area contributed by atoms with Gasteiger partial charge in [0.2, 0.25) is 0 Å². The lowest BCUT2D eigenvalue weighted by atomic mass is 10.2. The number of imidazole rings is 1. The van der Waals surface area contributed by atoms with Crippen LogP contribution in [0.15, 0.2) is 12.7 Å². The monoisotopic (exact) mass is 412 g/mol. The van der Waals surface area contributed by atoms with Crippen molar-refractivity contribution in [1.82, 2.24) is 24.2 Å². The maximum Gasteiger partial charge on any atom is 0.259 e. The number of nitrogens with zero attached hydrogens (tertiary/aromatic N) is 5. The molecule has 2 aromatic heterocycles.